The maximum atomic E-state index is 17.3. The van der Waals surface area contributed by atoms with Gasteiger partial charge in [-0.05, 0) is 80.9 Å². The smallest absolute Gasteiger partial charge is 0.205 e. The van der Waals surface area contributed by atoms with E-state index < -0.39 is 59.1 Å². The Morgan fingerprint density at radius 3 is 2.67 bits per heavy atom. The molecule has 4 fully saturated rings. The quantitative estimate of drug-likeness (QED) is 0.376. The van der Waals surface area contributed by atoms with Crippen molar-refractivity contribution in [1.29, 1.82) is 0 Å². The summed E-state index contributed by atoms with van der Waals surface area (Å²) in [5.41, 5.74) is -2.57. The number of halogens is 2. The molecule has 1 saturated heterocycles. The molecule has 0 radical (unpaired) electrons. The highest BCUT2D eigenvalue weighted by molar-refractivity contribution is 5.91. The van der Waals surface area contributed by atoms with Gasteiger partial charge in [0, 0.05) is 29.0 Å². The molecule has 3 saturated carbocycles. The lowest BCUT2D eigenvalue weighted by atomic mass is 9.48. The number of aliphatic hydroxyl groups is 1. The molecule has 42 heavy (non-hydrogen) atoms. The molecule has 0 aromatic heterocycles. The zero-order valence-electron chi connectivity index (χ0n) is 24.9. The lowest BCUT2D eigenvalue weighted by molar-refractivity contribution is -0.222. The summed E-state index contributed by atoms with van der Waals surface area (Å²) < 4.78 is 51.9. The molecule has 2 unspecified atom stereocenters. The van der Waals surface area contributed by atoms with E-state index in [1.54, 1.807) is 30.4 Å². The van der Waals surface area contributed by atoms with Crippen molar-refractivity contribution in [3.8, 4) is 5.75 Å². The van der Waals surface area contributed by atoms with E-state index in [1.807, 2.05) is 26.0 Å². The first kappa shape index (κ1) is 29.5. The van der Waals surface area contributed by atoms with E-state index in [0.29, 0.717) is 29.7 Å². The summed E-state index contributed by atoms with van der Waals surface area (Å²) in [6.07, 6.45) is 2.66. The number of nitrogens with one attached hydrogen (secondary N) is 1. The summed E-state index contributed by atoms with van der Waals surface area (Å²) in [7, 11) is 0. The number of benzene rings is 1. The topological polar surface area (TPSA) is 77.0 Å². The Balaban J connectivity index is 1.31. The Hall–Kier alpha value is -2.55. The van der Waals surface area contributed by atoms with Gasteiger partial charge in [0.2, 0.25) is 5.78 Å². The summed E-state index contributed by atoms with van der Waals surface area (Å²) in [5, 5.41) is 14.9. The number of alkyl halides is 2. The van der Waals surface area contributed by atoms with Crippen molar-refractivity contribution in [2.45, 2.75) is 102 Å². The number of fused-ring (bicyclic) bond motifs is 7. The average molecular weight is 584 g/mol. The second-order valence-corrected chi connectivity index (χ2v) is 13.4. The van der Waals surface area contributed by atoms with E-state index in [0.717, 1.165) is 12.1 Å². The lowest BCUT2D eigenvalue weighted by Crippen LogP contribution is -2.68. The molecule has 4 aliphatic carbocycles. The molecular formula is C34H43F2NO5. The minimum absolute atomic E-state index is 0.000197. The number of carbonyl (C=O) groups excluding carboxylic acids is 1. The molecule has 228 valence electrons. The van der Waals surface area contributed by atoms with Crippen LogP contribution in [0.1, 0.15) is 59.8 Å². The van der Waals surface area contributed by atoms with Crippen LogP contribution in [0.5, 0.6) is 5.75 Å². The van der Waals surface area contributed by atoms with Gasteiger partial charge in [-0.25, -0.2) is 8.78 Å². The number of hydrogen-bond acceptors (Lipinski definition) is 6. The van der Waals surface area contributed by atoms with E-state index in [-0.39, 0.29) is 31.3 Å². The Kier molecular flexibility index (Phi) is 7.42. The SMILES string of the molecule is C=C1C=CC2C(=C1)[C@@H](F)C[C@H]1[C@@H]3C[C@H]4OC(CCC)O[C@@]4(C(=O)COc4ccc(NC(C)C)cc4)[C@@]3(C)C[C@H](O)[C@]21F. The lowest BCUT2D eigenvalue weighted by Gasteiger charge is -2.59. The Morgan fingerprint density at radius 2 is 1.98 bits per heavy atom. The predicted octanol–water partition coefficient (Wildman–Crippen LogP) is 6.26. The first-order chi connectivity index (χ1) is 19.9. The number of ketones is 1. The van der Waals surface area contributed by atoms with Gasteiger partial charge < -0.3 is 24.6 Å². The van der Waals surface area contributed by atoms with Crippen LogP contribution in [-0.2, 0) is 14.3 Å². The van der Waals surface area contributed by atoms with Crippen molar-refractivity contribution in [3.63, 3.8) is 0 Å². The monoisotopic (exact) mass is 583 g/mol. The number of anilines is 1. The second kappa shape index (κ2) is 10.6. The summed E-state index contributed by atoms with van der Waals surface area (Å²) in [5.74, 6) is -1.87. The van der Waals surface area contributed by atoms with Gasteiger partial charge in [-0.15, -0.1) is 0 Å². The zero-order valence-corrected chi connectivity index (χ0v) is 24.9. The molecule has 1 aromatic carbocycles. The summed E-state index contributed by atoms with van der Waals surface area (Å²) >= 11 is 0. The van der Waals surface area contributed by atoms with Crippen LogP contribution in [0.25, 0.3) is 0 Å². The molecule has 6 rings (SSSR count). The molecule has 10 atom stereocenters. The Morgan fingerprint density at radius 1 is 1.24 bits per heavy atom. The molecule has 0 spiro atoms. The van der Waals surface area contributed by atoms with Crippen molar-refractivity contribution in [2.75, 3.05) is 11.9 Å². The van der Waals surface area contributed by atoms with Crippen molar-refractivity contribution < 1.29 is 32.9 Å². The normalized spacial score (nSPS) is 42.0. The molecule has 5 aliphatic rings. The molecule has 0 bridgehead atoms. The maximum Gasteiger partial charge on any atom is 0.205 e. The number of carbonyl (C=O) groups is 1. The fourth-order valence-electron chi connectivity index (χ4n) is 8.78. The molecule has 1 heterocycles. The summed E-state index contributed by atoms with van der Waals surface area (Å²) in [6, 6.07) is 7.68. The van der Waals surface area contributed by atoms with Gasteiger partial charge in [-0.1, -0.05) is 45.1 Å². The number of rotatable bonds is 8. The third-order valence-corrected chi connectivity index (χ3v) is 10.5. The van der Waals surface area contributed by atoms with Crippen molar-refractivity contribution in [2.24, 2.45) is 23.2 Å². The van der Waals surface area contributed by atoms with Gasteiger partial charge in [-0.2, -0.15) is 0 Å². The van der Waals surface area contributed by atoms with Crippen LogP contribution < -0.4 is 10.1 Å². The fraction of sp³-hybridized carbons (Fsp3) is 0.618. The fourth-order valence-corrected chi connectivity index (χ4v) is 8.78. The average Bonchev–Trinajstić information content (AvgIpc) is 3.42. The number of allylic oxidation sites excluding steroid dienone is 5. The molecule has 0 amide bonds. The van der Waals surface area contributed by atoms with Crippen LogP contribution in [0.4, 0.5) is 14.5 Å². The van der Waals surface area contributed by atoms with Gasteiger partial charge in [-0.3, -0.25) is 4.79 Å². The minimum atomic E-state index is -2.07. The third kappa shape index (κ3) is 4.31. The van der Waals surface area contributed by atoms with E-state index in [4.69, 9.17) is 14.2 Å². The first-order valence-corrected chi connectivity index (χ1v) is 15.4. The molecular weight excluding hydrogens is 540 g/mol. The van der Waals surface area contributed by atoms with Crippen LogP contribution in [-0.4, -0.2) is 59.5 Å². The van der Waals surface area contributed by atoms with Crippen molar-refractivity contribution in [1.82, 2.24) is 0 Å². The Bertz CT molecular complexity index is 1300. The highest BCUT2D eigenvalue weighted by Gasteiger charge is 2.78. The van der Waals surface area contributed by atoms with Gasteiger partial charge in [0.05, 0.1) is 12.2 Å². The number of hydrogen-bond donors (Lipinski definition) is 2. The zero-order chi connectivity index (χ0) is 30.0. The van der Waals surface area contributed by atoms with Crippen LogP contribution >= 0.6 is 0 Å². The number of Topliss-reactive ketones (excluding diaryl/α,β-unsaturated/α-hetero) is 1. The molecule has 1 aromatic rings. The van der Waals surface area contributed by atoms with Gasteiger partial charge >= 0.3 is 0 Å². The molecule has 1 aliphatic heterocycles. The number of aliphatic hydroxyl groups excluding tert-OH is 1. The van der Waals surface area contributed by atoms with E-state index in [1.165, 1.54) is 0 Å². The van der Waals surface area contributed by atoms with E-state index in [2.05, 4.69) is 25.7 Å². The van der Waals surface area contributed by atoms with Crippen molar-refractivity contribution in [3.05, 3.63) is 60.2 Å². The highest BCUT2D eigenvalue weighted by Crippen LogP contribution is 2.70. The van der Waals surface area contributed by atoms with Crippen LogP contribution in [0, 0.1) is 23.2 Å². The van der Waals surface area contributed by atoms with E-state index >= 15 is 8.78 Å². The van der Waals surface area contributed by atoms with Gasteiger partial charge in [0.25, 0.3) is 0 Å². The predicted molar refractivity (Wildman–Crippen MR) is 157 cm³/mol. The molecule has 6 nitrogen and oxygen atoms in total. The van der Waals surface area contributed by atoms with Gasteiger partial charge in [0.15, 0.2) is 11.9 Å². The number of ether oxygens (including phenoxy) is 3. The highest BCUT2D eigenvalue weighted by atomic mass is 19.1. The molecule has 8 heteroatoms. The Labute approximate surface area is 247 Å². The largest absolute Gasteiger partial charge is 0.486 e. The maximum absolute atomic E-state index is 17.3. The summed E-state index contributed by atoms with van der Waals surface area (Å²) in [4.78, 5) is 14.3. The van der Waals surface area contributed by atoms with Crippen LogP contribution in [0.15, 0.2) is 60.2 Å². The first-order valence-electron chi connectivity index (χ1n) is 15.4. The summed E-state index contributed by atoms with van der Waals surface area (Å²) in [6.45, 7) is 11.7. The standard InChI is InChI=1S/C34H43F2NO5/c1-6-7-31-41-30-16-25-26-15-27(35)23-14-20(4)8-13-24(23)33(26,36)28(38)17-32(25,5)34(30,42-31)29(39)18-40-22-11-9-21(10-12-22)37-19(2)3/h8-14,19,24-28,30-31,37-38H,4,6-7,15-18H2,1-3,5H3/t24?,25-,26-,27-,28-,30+,31?,32-,33-,34+/m0/s1. The minimum Gasteiger partial charge on any atom is -0.486 e. The van der Waals surface area contributed by atoms with Crippen LogP contribution in [0.2, 0.25) is 0 Å². The third-order valence-electron chi connectivity index (χ3n) is 10.5. The molecule has 2 N–H and O–H groups in total. The van der Waals surface area contributed by atoms with E-state index in [9.17, 15) is 9.90 Å². The second-order valence-electron chi connectivity index (χ2n) is 13.4. The van der Waals surface area contributed by atoms with Crippen molar-refractivity contribution >= 4 is 11.5 Å². The van der Waals surface area contributed by atoms with Gasteiger partial charge in [0.1, 0.15) is 24.2 Å². The van der Waals surface area contributed by atoms with Crippen LogP contribution in [0.3, 0.4) is 0 Å².